The van der Waals surface area contributed by atoms with Crippen molar-refractivity contribution in [2.24, 2.45) is 0 Å². The zero-order valence-electron chi connectivity index (χ0n) is 18.6. The summed E-state index contributed by atoms with van der Waals surface area (Å²) in [5.41, 5.74) is 3.32. The van der Waals surface area contributed by atoms with Crippen LogP contribution in [0.5, 0.6) is 5.75 Å². The molecule has 164 valence electrons. The van der Waals surface area contributed by atoms with E-state index in [0.29, 0.717) is 11.7 Å². The number of rotatable bonds is 10. The maximum Gasteiger partial charge on any atom is 0.234 e. The van der Waals surface area contributed by atoms with Gasteiger partial charge in [-0.25, -0.2) is 0 Å². The fourth-order valence-electron chi connectivity index (χ4n) is 3.22. The molecular weight excluding hydrogens is 408 g/mol. The van der Waals surface area contributed by atoms with E-state index in [1.54, 1.807) is 0 Å². The number of aryl methyl sites for hydroxylation is 2. The molecule has 6 nitrogen and oxygen atoms in total. The highest BCUT2D eigenvalue weighted by atomic mass is 32.2. The Kier molecular flexibility index (Phi) is 8.12. The van der Waals surface area contributed by atoms with Gasteiger partial charge in [0.05, 0.1) is 5.75 Å². The van der Waals surface area contributed by atoms with Gasteiger partial charge in [0.1, 0.15) is 5.75 Å². The Morgan fingerprint density at radius 1 is 1.00 bits per heavy atom. The molecule has 0 unspecified atom stereocenters. The third-order valence-electron chi connectivity index (χ3n) is 5.05. The summed E-state index contributed by atoms with van der Waals surface area (Å²) < 4.78 is 8.07. The Morgan fingerprint density at radius 3 is 2.19 bits per heavy atom. The molecule has 0 fully saturated rings. The maximum absolute atomic E-state index is 12.4. The summed E-state index contributed by atoms with van der Waals surface area (Å²) in [5, 5.41) is 12.3. The van der Waals surface area contributed by atoms with Crippen molar-refractivity contribution in [2.45, 2.75) is 58.3 Å². The van der Waals surface area contributed by atoms with Gasteiger partial charge in [-0.1, -0.05) is 49.9 Å². The fraction of sp³-hybridized carbons (Fsp3) is 0.375. The van der Waals surface area contributed by atoms with Crippen LogP contribution in [0.25, 0.3) is 0 Å². The van der Waals surface area contributed by atoms with Gasteiger partial charge in [0.15, 0.2) is 17.1 Å². The summed E-state index contributed by atoms with van der Waals surface area (Å²) >= 11 is 1.38. The molecule has 1 N–H and O–H groups in total. The van der Waals surface area contributed by atoms with E-state index in [1.807, 2.05) is 54.8 Å². The van der Waals surface area contributed by atoms with Crippen molar-refractivity contribution in [1.82, 2.24) is 14.8 Å². The van der Waals surface area contributed by atoms with Gasteiger partial charge in [0.25, 0.3) is 0 Å². The summed E-state index contributed by atoms with van der Waals surface area (Å²) in [5.74, 6) is 1.75. The van der Waals surface area contributed by atoms with E-state index in [0.717, 1.165) is 30.1 Å². The van der Waals surface area contributed by atoms with E-state index in [4.69, 9.17) is 4.74 Å². The number of hydrogen-bond acceptors (Lipinski definition) is 5. The van der Waals surface area contributed by atoms with Gasteiger partial charge in [0, 0.05) is 12.2 Å². The van der Waals surface area contributed by atoms with E-state index in [1.165, 1.54) is 22.9 Å². The largest absolute Gasteiger partial charge is 0.483 e. The smallest absolute Gasteiger partial charge is 0.234 e. The monoisotopic (exact) mass is 438 g/mol. The first-order chi connectivity index (χ1) is 15.0. The molecule has 0 saturated heterocycles. The molecule has 1 aromatic heterocycles. The molecule has 0 spiro atoms. The van der Waals surface area contributed by atoms with Crippen LogP contribution < -0.4 is 10.1 Å². The number of carbonyl (C=O) groups excluding carboxylic acids is 1. The lowest BCUT2D eigenvalue weighted by Crippen LogP contribution is -2.15. The second-order valence-electron chi connectivity index (χ2n) is 7.23. The van der Waals surface area contributed by atoms with Crippen molar-refractivity contribution in [3.8, 4) is 5.75 Å². The van der Waals surface area contributed by atoms with Crippen molar-refractivity contribution in [3.63, 3.8) is 0 Å². The van der Waals surface area contributed by atoms with Gasteiger partial charge in [-0.3, -0.25) is 4.79 Å². The molecule has 0 bridgehead atoms. The zero-order chi connectivity index (χ0) is 22.2. The number of nitrogens with zero attached hydrogens (tertiary/aromatic N) is 3. The highest BCUT2D eigenvalue weighted by molar-refractivity contribution is 7.99. The lowest BCUT2D eigenvalue weighted by molar-refractivity contribution is -0.113. The minimum absolute atomic E-state index is 0.0678. The third-order valence-corrected chi connectivity index (χ3v) is 6.01. The second-order valence-corrected chi connectivity index (χ2v) is 8.17. The molecule has 31 heavy (non-hydrogen) atoms. The van der Waals surface area contributed by atoms with E-state index in [-0.39, 0.29) is 17.8 Å². The summed E-state index contributed by atoms with van der Waals surface area (Å²) in [6, 6.07) is 16.0. The molecule has 3 rings (SSSR count). The van der Waals surface area contributed by atoms with Crippen LogP contribution in [-0.2, 0) is 24.2 Å². The van der Waals surface area contributed by atoms with Gasteiger partial charge in [-0.05, 0) is 62.1 Å². The van der Waals surface area contributed by atoms with Crippen molar-refractivity contribution in [1.29, 1.82) is 0 Å². The molecule has 0 aliphatic heterocycles. The molecule has 0 aliphatic carbocycles. The van der Waals surface area contributed by atoms with Gasteiger partial charge in [-0.15, -0.1) is 10.2 Å². The van der Waals surface area contributed by atoms with E-state index >= 15 is 0 Å². The van der Waals surface area contributed by atoms with Crippen LogP contribution in [0.3, 0.4) is 0 Å². The van der Waals surface area contributed by atoms with Crippen molar-refractivity contribution < 1.29 is 9.53 Å². The van der Waals surface area contributed by atoms with Gasteiger partial charge in [-0.2, -0.15) is 0 Å². The Labute approximate surface area is 188 Å². The Hall–Kier alpha value is -2.80. The van der Waals surface area contributed by atoms with Crippen LogP contribution in [0, 0.1) is 0 Å². The molecule has 0 radical (unpaired) electrons. The number of hydrogen-bond donors (Lipinski definition) is 1. The van der Waals surface area contributed by atoms with E-state index in [9.17, 15) is 4.79 Å². The minimum atomic E-state index is -0.250. The predicted molar refractivity (Wildman–Crippen MR) is 126 cm³/mol. The topological polar surface area (TPSA) is 69.0 Å². The lowest BCUT2D eigenvalue weighted by atomic mass is 10.1. The van der Waals surface area contributed by atoms with Crippen molar-refractivity contribution in [3.05, 3.63) is 65.5 Å². The molecule has 2 aromatic carbocycles. The SMILES string of the molecule is CCc1ccc(NC(=O)CSc2nnc([C@@H](C)Oc3ccc(CC)cc3)n2CC)cc1. The second kappa shape index (κ2) is 11.0. The fourth-order valence-corrected chi connectivity index (χ4v) is 4.03. The highest BCUT2D eigenvalue weighted by Gasteiger charge is 2.19. The van der Waals surface area contributed by atoms with Crippen LogP contribution >= 0.6 is 11.8 Å². The normalized spacial score (nSPS) is 11.9. The molecular formula is C24H30N4O2S. The first-order valence-corrected chi connectivity index (χ1v) is 11.7. The van der Waals surface area contributed by atoms with E-state index < -0.39 is 0 Å². The van der Waals surface area contributed by atoms with Crippen LogP contribution in [-0.4, -0.2) is 26.4 Å². The Morgan fingerprint density at radius 2 is 1.61 bits per heavy atom. The van der Waals surface area contributed by atoms with Gasteiger partial charge < -0.3 is 14.6 Å². The summed E-state index contributed by atoms with van der Waals surface area (Å²) in [4.78, 5) is 12.4. The Bertz CT molecular complexity index is 984. The zero-order valence-corrected chi connectivity index (χ0v) is 19.4. The molecule has 3 aromatic rings. The average Bonchev–Trinajstić information content (AvgIpc) is 3.22. The van der Waals surface area contributed by atoms with Crippen LogP contribution in [0.1, 0.15) is 50.8 Å². The molecule has 1 atom stereocenters. The number of thioether (sulfide) groups is 1. The van der Waals surface area contributed by atoms with Crippen LogP contribution in [0.4, 0.5) is 5.69 Å². The molecule has 0 aliphatic rings. The summed E-state index contributed by atoms with van der Waals surface area (Å²) in [6.07, 6.45) is 1.73. The number of nitrogens with one attached hydrogen (secondary N) is 1. The first-order valence-electron chi connectivity index (χ1n) is 10.7. The number of anilines is 1. The van der Waals surface area contributed by atoms with Gasteiger partial charge >= 0.3 is 0 Å². The van der Waals surface area contributed by atoms with Crippen molar-refractivity contribution >= 4 is 23.4 Å². The predicted octanol–water partition coefficient (Wildman–Crippen LogP) is 5.29. The number of carbonyl (C=O) groups is 1. The van der Waals surface area contributed by atoms with Crippen molar-refractivity contribution in [2.75, 3.05) is 11.1 Å². The summed E-state index contributed by atoms with van der Waals surface area (Å²) in [7, 11) is 0. The quantitative estimate of drug-likeness (QED) is 0.435. The first kappa shape index (κ1) is 22.9. The van der Waals surface area contributed by atoms with E-state index in [2.05, 4.69) is 41.5 Å². The van der Waals surface area contributed by atoms with Gasteiger partial charge in [0.2, 0.25) is 5.91 Å². The molecule has 7 heteroatoms. The highest BCUT2D eigenvalue weighted by Crippen LogP contribution is 2.25. The molecule has 1 amide bonds. The minimum Gasteiger partial charge on any atom is -0.483 e. The molecule has 1 heterocycles. The Balaban J connectivity index is 1.59. The van der Waals surface area contributed by atoms with Crippen LogP contribution in [0.15, 0.2) is 53.7 Å². The standard InChI is InChI=1S/C24H30N4O2S/c1-5-18-8-12-20(13-9-18)25-22(29)16-31-24-27-26-23(28(24)7-3)17(4)30-21-14-10-19(6-2)11-15-21/h8-15,17H,5-7,16H2,1-4H3,(H,25,29)/t17-/m1/s1. The maximum atomic E-state index is 12.4. The summed E-state index contributed by atoms with van der Waals surface area (Å²) in [6.45, 7) is 8.94. The average molecular weight is 439 g/mol. The van der Waals surface area contributed by atoms with Crippen LogP contribution in [0.2, 0.25) is 0 Å². The number of amides is 1. The lowest BCUT2D eigenvalue weighted by Gasteiger charge is -2.16. The molecule has 0 saturated carbocycles. The number of ether oxygens (including phenoxy) is 1. The number of benzene rings is 2. The number of aromatic nitrogens is 3. The third kappa shape index (κ3) is 6.10.